The third kappa shape index (κ3) is 3.46. The molecule has 3 aromatic rings. The second kappa shape index (κ2) is 6.31. The molecule has 0 aliphatic rings. The molecule has 2 N–H and O–H groups in total. The SMILES string of the molecule is CCc1nnc(-c2cc(S(=O)(=O)NCc3cccnc3)c[nH]2)o1. The van der Waals surface area contributed by atoms with Crippen LogP contribution in [0.2, 0.25) is 0 Å². The van der Waals surface area contributed by atoms with E-state index in [2.05, 4.69) is 24.9 Å². The molecular weight excluding hydrogens is 318 g/mol. The number of aromatic amines is 1. The van der Waals surface area contributed by atoms with E-state index in [4.69, 9.17) is 4.42 Å². The van der Waals surface area contributed by atoms with Gasteiger partial charge in [0.2, 0.25) is 15.9 Å². The summed E-state index contributed by atoms with van der Waals surface area (Å²) >= 11 is 0. The average Bonchev–Trinajstić information content (AvgIpc) is 3.23. The molecule has 23 heavy (non-hydrogen) atoms. The number of pyridine rings is 1. The van der Waals surface area contributed by atoms with Gasteiger partial charge < -0.3 is 9.40 Å². The number of sulfonamides is 1. The Kier molecular flexibility index (Phi) is 4.22. The summed E-state index contributed by atoms with van der Waals surface area (Å²) in [6.07, 6.45) is 5.24. The first kappa shape index (κ1) is 15.4. The van der Waals surface area contributed by atoms with Crippen LogP contribution in [0.15, 0.2) is 46.1 Å². The van der Waals surface area contributed by atoms with E-state index in [1.165, 1.54) is 12.3 Å². The molecule has 0 radical (unpaired) electrons. The summed E-state index contributed by atoms with van der Waals surface area (Å²) in [4.78, 5) is 6.88. The largest absolute Gasteiger partial charge is 0.419 e. The van der Waals surface area contributed by atoms with Crippen molar-refractivity contribution in [3.8, 4) is 11.6 Å². The van der Waals surface area contributed by atoms with Gasteiger partial charge >= 0.3 is 0 Å². The molecule has 0 saturated carbocycles. The zero-order chi connectivity index (χ0) is 16.3. The predicted octanol–water partition coefficient (Wildman–Crippen LogP) is 1.50. The van der Waals surface area contributed by atoms with Gasteiger partial charge in [0.25, 0.3) is 5.89 Å². The Bertz CT molecular complexity index is 886. The van der Waals surface area contributed by atoms with Crippen LogP contribution < -0.4 is 4.72 Å². The first-order valence-corrected chi connectivity index (χ1v) is 8.46. The second-order valence-electron chi connectivity index (χ2n) is 4.79. The van der Waals surface area contributed by atoms with E-state index in [1.54, 1.807) is 24.5 Å². The van der Waals surface area contributed by atoms with Crippen molar-refractivity contribution in [1.29, 1.82) is 0 Å². The maximum absolute atomic E-state index is 12.3. The molecule has 3 heterocycles. The lowest BCUT2D eigenvalue weighted by atomic mass is 10.3. The normalized spacial score (nSPS) is 11.7. The third-order valence-electron chi connectivity index (χ3n) is 3.16. The average molecular weight is 333 g/mol. The second-order valence-corrected chi connectivity index (χ2v) is 6.56. The topological polar surface area (TPSA) is 114 Å². The Hall–Kier alpha value is -2.52. The Balaban J connectivity index is 1.75. The molecule has 3 rings (SSSR count). The van der Waals surface area contributed by atoms with E-state index in [0.717, 1.165) is 5.56 Å². The molecule has 3 aromatic heterocycles. The summed E-state index contributed by atoms with van der Waals surface area (Å²) in [6, 6.07) is 5.00. The number of H-pyrrole nitrogens is 1. The van der Waals surface area contributed by atoms with Crippen molar-refractivity contribution in [1.82, 2.24) is 24.9 Å². The molecule has 0 bridgehead atoms. The Morgan fingerprint density at radius 2 is 2.22 bits per heavy atom. The molecule has 9 heteroatoms. The summed E-state index contributed by atoms with van der Waals surface area (Å²) in [5.74, 6) is 0.754. The fraction of sp³-hybridized carbons (Fsp3) is 0.214. The number of nitrogens with zero attached hydrogens (tertiary/aromatic N) is 3. The van der Waals surface area contributed by atoms with Crippen LogP contribution in [0.25, 0.3) is 11.6 Å². The molecule has 8 nitrogen and oxygen atoms in total. The van der Waals surface area contributed by atoms with Gasteiger partial charge in [0.05, 0.1) is 0 Å². The predicted molar refractivity (Wildman–Crippen MR) is 81.7 cm³/mol. The Labute approximate surface area is 133 Å². The number of aryl methyl sites for hydroxylation is 1. The van der Waals surface area contributed by atoms with Gasteiger partial charge in [0, 0.05) is 31.6 Å². The van der Waals surface area contributed by atoms with Crippen LogP contribution in [-0.4, -0.2) is 28.6 Å². The zero-order valence-electron chi connectivity index (χ0n) is 12.4. The molecule has 0 aromatic carbocycles. The van der Waals surface area contributed by atoms with E-state index in [1.807, 2.05) is 6.92 Å². The molecule has 0 spiro atoms. The smallest absolute Gasteiger partial charge is 0.264 e. The molecule has 0 aliphatic heterocycles. The Morgan fingerprint density at radius 1 is 1.35 bits per heavy atom. The molecule has 0 aliphatic carbocycles. The molecular formula is C14H15N5O3S. The number of rotatable bonds is 6. The monoisotopic (exact) mass is 333 g/mol. The molecule has 0 fully saturated rings. The van der Waals surface area contributed by atoms with Gasteiger partial charge in [-0.1, -0.05) is 13.0 Å². The van der Waals surface area contributed by atoms with Crippen molar-refractivity contribution in [2.24, 2.45) is 0 Å². The number of hydrogen-bond donors (Lipinski definition) is 2. The van der Waals surface area contributed by atoms with E-state index >= 15 is 0 Å². The van der Waals surface area contributed by atoms with Crippen molar-refractivity contribution in [3.63, 3.8) is 0 Å². The van der Waals surface area contributed by atoms with E-state index in [9.17, 15) is 8.42 Å². The van der Waals surface area contributed by atoms with E-state index in [0.29, 0.717) is 18.0 Å². The first-order valence-electron chi connectivity index (χ1n) is 6.98. The van der Waals surface area contributed by atoms with Crippen LogP contribution in [0.5, 0.6) is 0 Å². The molecule has 0 amide bonds. The van der Waals surface area contributed by atoms with Crippen LogP contribution in [0.1, 0.15) is 18.4 Å². The third-order valence-corrected chi connectivity index (χ3v) is 4.54. The highest BCUT2D eigenvalue weighted by Crippen LogP contribution is 2.20. The summed E-state index contributed by atoms with van der Waals surface area (Å²) in [7, 11) is -3.64. The summed E-state index contributed by atoms with van der Waals surface area (Å²) in [5.41, 5.74) is 1.23. The minimum atomic E-state index is -3.64. The van der Waals surface area contributed by atoms with Crippen LogP contribution in [-0.2, 0) is 23.0 Å². The van der Waals surface area contributed by atoms with Crippen molar-refractivity contribution in [2.75, 3.05) is 0 Å². The highest BCUT2D eigenvalue weighted by Gasteiger charge is 2.18. The van der Waals surface area contributed by atoms with Gasteiger partial charge in [-0.15, -0.1) is 10.2 Å². The fourth-order valence-corrected chi connectivity index (χ4v) is 2.93. The van der Waals surface area contributed by atoms with E-state index in [-0.39, 0.29) is 17.3 Å². The minimum absolute atomic E-state index is 0.104. The molecule has 0 saturated heterocycles. The van der Waals surface area contributed by atoms with Gasteiger partial charge in [-0.05, 0) is 17.7 Å². The van der Waals surface area contributed by atoms with E-state index < -0.39 is 10.0 Å². The highest BCUT2D eigenvalue weighted by molar-refractivity contribution is 7.89. The number of nitrogens with one attached hydrogen (secondary N) is 2. The van der Waals surface area contributed by atoms with Gasteiger partial charge in [-0.2, -0.15) is 0 Å². The van der Waals surface area contributed by atoms with Crippen LogP contribution in [0, 0.1) is 0 Å². The molecule has 0 atom stereocenters. The zero-order valence-corrected chi connectivity index (χ0v) is 13.2. The van der Waals surface area contributed by atoms with Crippen LogP contribution in [0.4, 0.5) is 0 Å². The first-order chi connectivity index (χ1) is 11.1. The van der Waals surface area contributed by atoms with Gasteiger partial charge in [0.15, 0.2) is 0 Å². The van der Waals surface area contributed by atoms with Crippen molar-refractivity contribution < 1.29 is 12.8 Å². The van der Waals surface area contributed by atoms with Gasteiger partial charge in [-0.3, -0.25) is 4.98 Å². The lowest BCUT2D eigenvalue weighted by molar-refractivity contribution is 0.511. The maximum atomic E-state index is 12.3. The van der Waals surface area contributed by atoms with Gasteiger partial charge in [-0.25, -0.2) is 13.1 Å². The summed E-state index contributed by atoms with van der Waals surface area (Å²) < 4.78 is 32.5. The summed E-state index contributed by atoms with van der Waals surface area (Å²) in [6.45, 7) is 2.06. The fourth-order valence-electron chi connectivity index (χ4n) is 1.92. The minimum Gasteiger partial charge on any atom is -0.419 e. The summed E-state index contributed by atoms with van der Waals surface area (Å²) in [5, 5.41) is 7.72. The number of aromatic nitrogens is 4. The highest BCUT2D eigenvalue weighted by atomic mass is 32.2. The van der Waals surface area contributed by atoms with Crippen molar-refractivity contribution in [2.45, 2.75) is 24.8 Å². The van der Waals surface area contributed by atoms with Crippen LogP contribution >= 0.6 is 0 Å². The maximum Gasteiger partial charge on any atom is 0.264 e. The standard InChI is InChI=1S/C14H15N5O3S/c1-2-13-18-19-14(22-13)12-6-11(9-16-12)23(20,21)17-8-10-4-3-5-15-7-10/h3-7,9,16-17H,2,8H2,1H3. The lowest BCUT2D eigenvalue weighted by Gasteiger charge is -2.04. The van der Waals surface area contributed by atoms with Crippen molar-refractivity contribution in [3.05, 3.63) is 48.2 Å². The quantitative estimate of drug-likeness (QED) is 0.706. The van der Waals surface area contributed by atoms with Crippen LogP contribution in [0.3, 0.4) is 0 Å². The molecule has 120 valence electrons. The number of hydrogen-bond acceptors (Lipinski definition) is 6. The lowest BCUT2D eigenvalue weighted by Crippen LogP contribution is -2.22. The molecule has 0 unspecified atom stereocenters. The van der Waals surface area contributed by atoms with Crippen molar-refractivity contribution >= 4 is 10.0 Å². The van der Waals surface area contributed by atoms with Gasteiger partial charge in [0.1, 0.15) is 10.6 Å². The Morgan fingerprint density at radius 3 is 2.91 bits per heavy atom.